The molecule has 4 N–H and O–H groups in total. The molecular weight excluding hydrogens is 482 g/mol. The number of ether oxygens (including phenoxy) is 1. The zero-order valence-electron chi connectivity index (χ0n) is 21.9. The molecule has 0 saturated carbocycles. The summed E-state index contributed by atoms with van der Waals surface area (Å²) in [5.41, 5.74) is 11.4. The van der Waals surface area contributed by atoms with Gasteiger partial charge in [0.1, 0.15) is 0 Å². The van der Waals surface area contributed by atoms with Crippen LogP contribution in [0.1, 0.15) is 28.4 Å². The molecule has 0 atom stereocenters. The van der Waals surface area contributed by atoms with E-state index in [1.807, 2.05) is 50.5 Å². The molecule has 196 valence electrons. The summed E-state index contributed by atoms with van der Waals surface area (Å²) in [5.74, 6) is -0.838. The summed E-state index contributed by atoms with van der Waals surface area (Å²) in [6.07, 6.45) is 0. The second-order valence-electron chi connectivity index (χ2n) is 9.14. The van der Waals surface area contributed by atoms with Gasteiger partial charge in [0.15, 0.2) is 0 Å². The molecule has 2 amide bonds. The van der Waals surface area contributed by atoms with Crippen molar-refractivity contribution in [2.24, 2.45) is 0 Å². The van der Waals surface area contributed by atoms with Gasteiger partial charge in [-0.1, -0.05) is 36.4 Å². The number of amides is 2. The van der Waals surface area contributed by atoms with E-state index in [9.17, 15) is 14.4 Å². The highest BCUT2D eigenvalue weighted by Gasteiger charge is 2.29. The molecule has 0 saturated heterocycles. The van der Waals surface area contributed by atoms with Gasteiger partial charge in [0.05, 0.1) is 47.0 Å². The van der Waals surface area contributed by atoms with Crippen molar-refractivity contribution < 1.29 is 19.1 Å². The van der Waals surface area contributed by atoms with Crippen LogP contribution in [-0.4, -0.2) is 57.0 Å². The third-order valence-electron chi connectivity index (χ3n) is 6.07. The Labute approximate surface area is 221 Å². The predicted molar refractivity (Wildman–Crippen MR) is 151 cm³/mol. The van der Waals surface area contributed by atoms with Gasteiger partial charge >= 0.3 is 5.97 Å². The molecule has 1 aliphatic rings. The zero-order valence-corrected chi connectivity index (χ0v) is 21.9. The van der Waals surface area contributed by atoms with E-state index in [0.717, 1.165) is 5.56 Å². The van der Waals surface area contributed by atoms with Gasteiger partial charge in [-0.05, 0) is 56.9 Å². The first-order valence-electron chi connectivity index (χ1n) is 12.2. The third-order valence-corrected chi connectivity index (χ3v) is 6.07. The third kappa shape index (κ3) is 5.52. The molecule has 4 rings (SSSR count). The Hall–Kier alpha value is -4.63. The molecule has 0 radical (unpaired) electrons. The minimum absolute atomic E-state index is 0.0871. The van der Waals surface area contributed by atoms with E-state index in [1.165, 1.54) is 4.90 Å². The highest BCUT2D eigenvalue weighted by Crippen LogP contribution is 2.38. The maximum atomic E-state index is 13.2. The molecule has 1 aliphatic heterocycles. The largest absolute Gasteiger partial charge is 0.462 e. The van der Waals surface area contributed by atoms with Crippen molar-refractivity contribution in [2.45, 2.75) is 6.92 Å². The monoisotopic (exact) mass is 513 g/mol. The van der Waals surface area contributed by atoms with Crippen LogP contribution in [0.25, 0.3) is 11.3 Å². The van der Waals surface area contributed by atoms with Crippen LogP contribution in [0.15, 0.2) is 66.7 Å². The van der Waals surface area contributed by atoms with Gasteiger partial charge in [-0.25, -0.2) is 4.79 Å². The average Bonchev–Trinajstić information content (AvgIpc) is 3.21. The SMILES string of the molecule is CCOC(=O)c1ccc2c(c1)NC(=O)/C2=C(\Nc1ccc(N(C)C(=O)CN(C)C)c(N)c1)c1ccccc1. The Morgan fingerprint density at radius 2 is 1.71 bits per heavy atom. The second-order valence-corrected chi connectivity index (χ2v) is 9.14. The Balaban J connectivity index is 1.74. The minimum atomic E-state index is -0.451. The molecule has 0 aromatic heterocycles. The van der Waals surface area contributed by atoms with Crippen LogP contribution in [0.4, 0.5) is 22.7 Å². The van der Waals surface area contributed by atoms with Crippen molar-refractivity contribution in [3.05, 3.63) is 83.4 Å². The predicted octanol–water partition coefficient (Wildman–Crippen LogP) is 3.90. The molecule has 3 aromatic carbocycles. The van der Waals surface area contributed by atoms with Crippen LogP contribution >= 0.6 is 0 Å². The Bertz CT molecular complexity index is 1420. The normalized spacial score (nSPS) is 13.6. The summed E-state index contributed by atoms with van der Waals surface area (Å²) in [7, 11) is 5.34. The molecule has 9 heteroatoms. The quantitative estimate of drug-likeness (QED) is 0.238. The number of carbonyl (C=O) groups excluding carboxylic acids is 3. The lowest BCUT2D eigenvalue weighted by Crippen LogP contribution is -2.35. The van der Waals surface area contributed by atoms with Crippen LogP contribution in [0.5, 0.6) is 0 Å². The van der Waals surface area contributed by atoms with Crippen molar-refractivity contribution in [3.8, 4) is 0 Å². The number of carbonyl (C=O) groups is 3. The lowest BCUT2D eigenvalue weighted by atomic mass is 9.99. The summed E-state index contributed by atoms with van der Waals surface area (Å²) in [4.78, 5) is 41.3. The molecule has 3 aromatic rings. The first kappa shape index (κ1) is 26.4. The van der Waals surface area contributed by atoms with E-state index in [-0.39, 0.29) is 25.0 Å². The fourth-order valence-corrected chi connectivity index (χ4v) is 4.24. The van der Waals surface area contributed by atoms with Gasteiger partial charge in [-0.3, -0.25) is 9.59 Å². The Morgan fingerprint density at radius 3 is 2.37 bits per heavy atom. The highest BCUT2D eigenvalue weighted by atomic mass is 16.5. The van der Waals surface area contributed by atoms with Crippen molar-refractivity contribution in [1.82, 2.24) is 4.90 Å². The number of likely N-dealkylation sites (N-methyl/N-ethyl adjacent to an activating group) is 2. The van der Waals surface area contributed by atoms with Crippen molar-refractivity contribution in [3.63, 3.8) is 0 Å². The smallest absolute Gasteiger partial charge is 0.338 e. The number of rotatable bonds is 8. The number of anilines is 4. The number of nitrogen functional groups attached to an aromatic ring is 1. The summed E-state index contributed by atoms with van der Waals surface area (Å²) in [6.45, 7) is 2.26. The molecule has 0 fully saturated rings. The van der Waals surface area contributed by atoms with E-state index in [4.69, 9.17) is 10.5 Å². The highest BCUT2D eigenvalue weighted by molar-refractivity contribution is 6.37. The van der Waals surface area contributed by atoms with Gasteiger partial charge in [-0.15, -0.1) is 0 Å². The average molecular weight is 514 g/mol. The minimum Gasteiger partial charge on any atom is -0.462 e. The van der Waals surface area contributed by atoms with Gasteiger partial charge < -0.3 is 30.9 Å². The molecule has 0 aliphatic carbocycles. The molecule has 0 unspecified atom stereocenters. The van der Waals surface area contributed by atoms with E-state index >= 15 is 0 Å². The van der Waals surface area contributed by atoms with Gasteiger partial charge in [0.25, 0.3) is 5.91 Å². The topological polar surface area (TPSA) is 117 Å². The fourth-order valence-electron chi connectivity index (χ4n) is 4.24. The Morgan fingerprint density at radius 1 is 0.974 bits per heavy atom. The van der Waals surface area contributed by atoms with Crippen LogP contribution < -0.4 is 21.3 Å². The number of benzene rings is 3. The van der Waals surface area contributed by atoms with E-state index in [1.54, 1.807) is 49.2 Å². The number of esters is 1. The summed E-state index contributed by atoms with van der Waals surface area (Å²) in [5, 5.41) is 6.24. The summed E-state index contributed by atoms with van der Waals surface area (Å²) < 4.78 is 5.09. The van der Waals surface area contributed by atoms with E-state index in [2.05, 4.69) is 10.6 Å². The molecular formula is C29H31N5O4. The number of hydrogen-bond donors (Lipinski definition) is 3. The lowest BCUT2D eigenvalue weighted by Gasteiger charge is -2.22. The van der Waals surface area contributed by atoms with Crippen LogP contribution in [0.2, 0.25) is 0 Å². The van der Waals surface area contributed by atoms with Crippen LogP contribution in [0, 0.1) is 0 Å². The van der Waals surface area contributed by atoms with Crippen molar-refractivity contribution >= 4 is 51.8 Å². The zero-order chi connectivity index (χ0) is 27.4. The van der Waals surface area contributed by atoms with Gasteiger partial charge in [0, 0.05) is 18.3 Å². The van der Waals surface area contributed by atoms with E-state index in [0.29, 0.717) is 45.1 Å². The van der Waals surface area contributed by atoms with E-state index < -0.39 is 5.97 Å². The van der Waals surface area contributed by atoms with Crippen molar-refractivity contribution in [1.29, 1.82) is 0 Å². The molecule has 0 bridgehead atoms. The second kappa shape index (κ2) is 11.2. The fraction of sp³-hybridized carbons (Fsp3) is 0.207. The number of nitrogens with zero attached hydrogens (tertiary/aromatic N) is 2. The van der Waals surface area contributed by atoms with Crippen LogP contribution in [-0.2, 0) is 14.3 Å². The molecule has 1 heterocycles. The van der Waals surface area contributed by atoms with Crippen LogP contribution in [0.3, 0.4) is 0 Å². The van der Waals surface area contributed by atoms with Gasteiger partial charge in [0.2, 0.25) is 5.91 Å². The lowest BCUT2D eigenvalue weighted by molar-refractivity contribution is -0.119. The summed E-state index contributed by atoms with van der Waals surface area (Å²) in [6, 6.07) is 19.8. The molecule has 0 spiro atoms. The molecule has 38 heavy (non-hydrogen) atoms. The van der Waals surface area contributed by atoms with Gasteiger partial charge in [-0.2, -0.15) is 0 Å². The maximum Gasteiger partial charge on any atom is 0.338 e. The first-order chi connectivity index (χ1) is 18.2. The molecule has 9 nitrogen and oxygen atoms in total. The van der Waals surface area contributed by atoms with Crippen molar-refractivity contribution in [2.75, 3.05) is 55.6 Å². The number of fused-ring (bicyclic) bond motifs is 1. The number of hydrogen-bond acceptors (Lipinski definition) is 7. The summed E-state index contributed by atoms with van der Waals surface area (Å²) >= 11 is 0. The standard InChI is InChI=1S/C29H31N5O4/c1-5-38-29(37)19-11-13-21-23(15-19)32-28(36)26(21)27(18-9-7-6-8-10-18)31-20-12-14-24(22(30)16-20)34(4)25(35)17-33(2)3/h6-16,31H,5,17,30H2,1-4H3,(H,32,36)/b27-26-. The maximum absolute atomic E-state index is 13.2. The Kier molecular flexibility index (Phi) is 7.78. The number of nitrogens with two attached hydrogens (primary N) is 1. The number of nitrogens with one attached hydrogen (secondary N) is 2. The first-order valence-corrected chi connectivity index (χ1v) is 12.2.